The molecule has 1 unspecified atom stereocenters. The van der Waals surface area contributed by atoms with E-state index in [1.54, 1.807) is 72.8 Å². The highest BCUT2D eigenvalue weighted by Gasteiger charge is 2.29. The van der Waals surface area contributed by atoms with E-state index in [1.165, 1.54) is 0 Å². The summed E-state index contributed by atoms with van der Waals surface area (Å²) in [5.74, 6) is -1.35. The number of hydrazine groups is 1. The largest absolute Gasteiger partial charge is 0.368 e. The number of nitrogens with zero attached hydrogens (tertiary/aromatic N) is 6. The van der Waals surface area contributed by atoms with Gasteiger partial charge in [-0.15, -0.1) is 0 Å². The Morgan fingerprint density at radius 2 is 1.47 bits per heavy atom. The zero-order valence-corrected chi connectivity index (χ0v) is 34.7. The Morgan fingerprint density at radius 1 is 0.774 bits per heavy atom. The molecule has 62 heavy (non-hydrogen) atoms. The summed E-state index contributed by atoms with van der Waals surface area (Å²) in [4.78, 5) is 67.3. The zero-order valence-electron chi connectivity index (χ0n) is 33.9. The molecule has 5 heterocycles. The number of rotatable bonds is 13. The van der Waals surface area contributed by atoms with Crippen LogP contribution in [0.25, 0.3) is 0 Å². The summed E-state index contributed by atoms with van der Waals surface area (Å²) < 4.78 is 14.7. The van der Waals surface area contributed by atoms with Crippen LogP contribution in [0.1, 0.15) is 64.4 Å². The van der Waals surface area contributed by atoms with Crippen molar-refractivity contribution in [3.05, 3.63) is 125 Å². The Bertz CT molecular complexity index is 2390. The number of carbonyl (C=O) groups excluding carboxylic acids is 4. The van der Waals surface area contributed by atoms with E-state index in [1.807, 2.05) is 23.3 Å². The molecule has 0 saturated carbocycles. The van der Waals surface area contributed by atoms with Crippen LogP contribution in [0.15, 0.2) is 97.3 Å². The van der Waals surface area contributed by atoms with Crippen molar-refractivity contribution in [3.8, 4) is 0 Å². The van der Waals surface area contributed by atoms with E-state index in [4.69, 9.17) is 11.6 Å². The molecule has 3 saturated heterocycles. The molecule has 3 aromatic carbocycles. The molecule has 1 atom stereocenters. The lowest BCUT2D eigenvalue weighted by molar-refractivity contribution is -0.134. The van der Waals surface area contributed by atoms with Gasteiger partial charge < -0.3 is 20.9 Å². The fourth-order valence-corrected chi connectivity index (χ4v) is 8.03. The van der Waals surface area contributed by atoms with E-state index in [0.29, 0.717) is 57.7 Å². The molecular formula is C45H47ClFN11O4. The second-order valence-electron chi connectivity index (χ2n) is 15.7. The first kappa shape index (κ1) is 42.2. The van der Waals surface area contributed by atoms with E-state index in [2.05, 4.69) is 51.4 Å². The predicted molar refractivity (Wildman–Crippen MR) is 235 cm³/mol. The fraction of sp³-hybridized carbons (Fsp3) is 0.311. The van der Waals surface area contributed by atoms with Crippen molar-refractivity contribution in [1.82, 2.24) is 35.6 Å². The standard InChI is InChI=1S/C45H47ClFN11O4/c46-36-3-1-2-4-39(36)52-42(60)30-5-9-32(10-6-30)50-41-37(47)28-49-45(54-41)51-33-11-7-31(8-12-33)43(61)55-58-21-18-29(19-22-58)17-20-56-23-25-57(26-24-56)34-13-15-38(48-27-34)35-14-16-40(59)53-44(35)62/h1-13,15,27-29,35H,14,16-26H2,(H,52,60)(H,55,61)(H,53,59,62)(H2,49,50,51,54). The van der Waals surface area contributed by atoms with Gasteiger partial charge in [-0.2, -0.15) is 4.98 Å². The van der Waals surface area contributed by atoms with Gasteiger partial charge >= 0.3 is 0 Å². The fourth-order valence-electron chi connectivity index (χ4n) is 7.85. The van der Waals surface area contributed by atoms with Crippen molar-refractivity contribution >= 4 is 69.7 Å². The molecule has 4 amide bonds. The summed E-state index contributed by atoms with van der Waals surface area (Å²) in [6.45, 7) is 6.37. The van der Waals surface area contributed by atoms with Gasteiger partial charge in [0.2, 0.25) is 17.8 Å². The number of piperidine rings is 2. The van der Waals surface area contributed by atoms with Crippen molar-refractivity contribution < 1.29 is 23.6 Å². The van der Waals surface area contributed by atoms with Crippen LogP contribution in [0.2, 0.25) is 5.02 Å². The summed E-state index contributed by atoms with van der Waals surface area (Å²) in [6.07, 6.45) is 6.87. The molecule has 3 fully saturated rings. The van der Waals surface area contributed by atoms with Crippen molar-refractivity contribution in [2.75, 3.05) is 66.7 Å². The quantitative estimate of drug-likeness (QED) is 0.0815. The number of aromatic nitrogens is 3. The van der Waals surface area contributed by atoms with Crippen LogP contribution >= 0.6 is 11.6 Å². The van der Waals surface area contributed by atoms with E-state index in [-0.39, 0.29) is 41.3 Å². The average molecular weight is 860 g/mol. The van der Waals surface area contributed by atoms with Gasteiger partial charge in [0.25, 0.3) is 11.8 Å². The number of hydrogen-bond acceptors (Lipinski definition) is 12. The predicted octanol–water partition coefficient (Wildman–Crippen LogP) is 6.49. The first-order valence-corrected chi connectivity index (χ1v) is 21.2. The highest BCUT2D eigenvalue weighted by Crippen LogP contribution is 2.27. The number of anilines is 6. The Morgan fingerprint density at radius 3 is 2.15 bits per heavy atom. The summed E-state index contributed by atoms with van der Waals surface area (Å²) >= 11 is 6.15. The summed E-state index contributed by atoms with van der Waals surface area (Å²) in [6, 6.07) is 24.3. The lowest BCUT2D eigenvalue weighted by Crippen LogP contribution is -2.48. The third kappa shape index (κ3) is 10.7. The van der Waals surface area contributed by atoms with Gasteiger partial charge in [0.1, 0.15) is 0 Å². The number of benzene rings is 3. The van der Waals surface area contributed by atoms with E-state index < -0.39 is 5.82 Å². The van der Waals surface area contributed by atoms with E-state index >= 15 is 0 Å². The van der Waals surface area contributed by atoms with Gasteiger partial charge in [-0.05, 0) is 111 Å². The minimum Gasteiger partial charge on any atom is -0.368 e. The van der Waals surface area contributed by atoms with Gasteiger partial charge in [-0.1, -0.05) is 23.7 Å². The summed E-state index contributed by atoms with van der Waals surface area (Å²) in [5, 5.41) is 13.6. The number of pyridine rings is 1. The number of carbonyl (C=O) groups is 4. The molecule has 15 nitrogen and oxygen atoms in total. The van der Waals surface area contributed by atoms with E-state index in [9.17, 15) is 23.6 Å². The Labute approximate surface area is 363 Å². The molecule has 5 aromatic rings. The average Bonchev–Trinajstić information content (AvgIpc) is 3.29. The molecule has 0 aliphatic carbocycles. The molecule has 0 radical (unpaired) electrons. The Balaban J connectivity index is 0.739. The van der Waals surface area contributed by atoms with Gasteiger partial charge in [0.05, 0.1) is 40.4 Å². The molecule has 17 heteroatoms. The highest BCUT2D eigenvalue weighted by molar-refractivity contribution is 6.33. The third-order valence-electron chi connectivity index (χ3n) is 11.5. The van der Waals surface area contributed by atoms with Crippen LogP contribution in [0.3, 0.4) is 0 Å². The second kappa shape index (κ2) is 19.5. The maximum absolute atomic E-state index is 14.7. The van der Waals surface area contributed by atoms with Crippen molar-refractivity contribution in [3.63, 3.8) is 0 Å². The lowest BCUT2D eigenvalue weighted by Gasteiger charge is -2.37. The normalized spacial score (nSPS) is 17.6. The minimum absolute atomic E-state index is 0.0547. The molecule has 3 aliphatic rings. The monoisotopic (exact) mass is 859 g/mol. The third-order valence-corrected chi connectivity index (χ3v) is 11.8. The smallest absolute Gasteiger partial charge is 0.265 e. The lowest BCUT2D eigenvalue weighted by atomic mass is 9.94. The van der Waals surface area contributed by atoms with Crippen LogP contribution in [-0.2, 0) is 9.59 Å². The second-order valence-corrected chi connectivity index (χ2v) is 16.1. The van der Waals surface area contributed by atoms with Crippen LogP contribution in [0, 0.1) is 11.7 Å². The number of halogens is 2. The SMILES string of the molecule is O=C1CCC(c2ccc(N3CCN(CCC4CCN(NC(=O)c5ccc(Nc6ncc(F)c(Nc7ccc(C(=O)Nc8ccccc8Cl)cc7)n6)cc5)CC4)CC3)cn2)C(=O)N1. The maximum Gasteiger partial charge on any atom is 0.265 e. The minimum atomic E-state index is -0.658. The molecule has 0 spiro atoms. The van der Waals surface area contributed by atoms with Crippen LogP contribution in [-0.4, -0.2) is 94.3 Å². The molecule has 5 N–H and O–H groups in total. The first-order valence-electron chi connectivity index (χ1n) is 20.8. The summed E-state index contributed by atoms with van der Waals surface area (Å²) in [5.41, 5.74) is 7.34. The van der Waals surface area contributed by atoms with Crippen LogP contribution < -0.4 is 31.6 Å². The maximum atomic E-state index is 14.7. The number of nitrogens with one attached hydrogen (secondary N) is 5. The van der Waals surface area contributed by atoms with Crippen molar-refractivity contribution in [2.24, 2.45) is 5.92 Å². The molecule has 8 rings (SSSR count). The van der Waals surface area contributed by atoms with Crippen molar-refractivity contribution in [2.45, 2.75) is 38.0 Å². The van der Waals surface area contributed by atoms with Crippen LogP contribution in [0.5, 0.6) is 0 Å². The van der Waals surface area contributed by atoms with Gasteiger partial charge in [0.15, 0.2) is 11.6 Å². The molecule has 320 valence electrons. The van der Waals surface area contributed by atoms with Gasteiger partial charge in [-0.25, -0.2) is 14.4 Å². The summed E-state index contributed by atoms with van der Waals surface area (Å²) in [7, 11) is 0. The zero-order chi connectivity index (χ0) is 43.0. The van der Waals surface area contributed by atoms with Gasteiger partial charge in [0, 0.05) is 68.2 Å². The number of piperazine rings is 1. The molecule has 2 aromatic heterocycles. The topological polar surface area (TPSA) is 177 Å². The van der Waals surface area contributed by atoms with E-state index in [0.717, 1.165) is 77.0 Å². The number of hydrogen-bond donors (Lipinski definition) is 5. The number of amides is 4. The number of imide groups is 1. The molecule has 3 aliphatic heterocycles. The Hall–Kier alpha value is -6.49. The van der Waals surface area contributed by atoms with Gasteiger partial charge in [-0.3, -0.25) is 39.8 Å². The molecular weight excluding hydrogens is 813 g/mol. The highest BCUT2D eigenvalue weighted by atomic mass is 35.5. The van der Waals surface area contributed by atoms with Crippen molar-refractivity contribution in [1.29, 1.82) is 0 Å². The Kier molecular flexibility index (Phi) is 13.3. The molecule has 0 bridgehead atoms. The number of para-hydroxylation sites is 1. The van der Waals surface area contributed by atoms with Crippen LogP contribution in [0.4, 0.5) is 38.9 Å². The first-order chi connectivity index (χ1) is 30.1.